The normalized spacial score (nSPS) is 18.6. The van der Waals surface area contributed by atoms with Gasteiger partial charge < -0.3 is 72.2 Å². The maximum atomic E-state index is 15.2. The van der Waals surface area contributed by atoms with Crippen molar-refractivity contribution < 1.29 is 75.2 Å². The number of carbonyl (C=O) groups is 1. The zero-order valence-electron chi connectivity index (χ0n) is 61.0. The van der Waals surface area contributed by atoms with E-state index in [2.05, 4.69) is 44.6 Å². The summed E-state index contributed by atoms with van der Waals surface area (Å²) >= 11 is 0. The Labute approximate surface area is 620 Å². The number of aromatic nitrogens is 6. The number of likely N-dealkylation sites (tertiary alicyclic amines) is 3. The Morgan fingerprint density at radius 2 is 0.861 bits per heavy atom. The first-order valence-corrected chi connectivity index (χ1v) is 36.7. The van der Waals surface area contributed by atoms with Gasteiger partial charge in [-0.05, 0) is 150 Å². The van der Waals surface area contributed by atoms with Gasteiger partial charge in [0, 0.05) is 165 Å². The molecule has 1 atom stereocenters. The maximum Gasteiger partial charge on any atom is 0.188 e. The van der Waals surface area contributed by atoms with Gasteiger partial charge in [0.2, 0.25) is 0 Å². The van der Waals surface area contributed by atoms with Gasteiger partial charge in [-0.3, -0.25) is 34.4 Å². The second-order valence-electron chi connectivity index (χ2n) is 29.7. The van der Waals surface area contributed by atoms with Crippen molar-refractivity contribution in [2.24, 2.45) is 16.2 Å². The predicted octanol–water partition coefficient (Wildman–Crippen LogP) is 15.0. The molecule has 25 heteroatoms. The quantitative estimate of drug-likeness (QED) is 0.0523. The second-order valence-corrected chi connectivity index (χ2v) is 29.7. The topological polar surface area (TPSA) is 235 Å². The third-order valence-corrected chi connectivity index (χ3v) is 22.4. The summed E-state index contributed by atoms with van der Waals surface area (Å²) in [5.74, 6) is 3.93. The zero-order valence-corrected chi connectivity index (χ0v) is 61.0. The number of ether oxygens (including phenoxy) is 11. The third kappa shape index (κ3) is 13.5. The van der Waals surface area contributed by atoms with Crippen molar-refractivity contribution in [3.63, 3.8) is 0 Å². The van der Waals surface area contributed by atoms with Crippen LogP contribution in [-0.2, 0) is 14.3 Å². The molecule has 19 rings (SSSR count). The van der Waals surface area contributed by atoms with Gasteiger partial charge in [0.05, 0.1) is 70.3 Å². The fourth-order valence-corrected chi connectivity index (χ4v) is 16.1. The lowest BCUT2D eigenvalue weighted by Crippen LogP contribution is -2.41. The molecular formula is C83H84F3N9O13. The lowest BCUT2D eigenvalue weighted by atomic mass is 10.00. The van der Waals surface area contributed by atoms with E-state index in [1.54, 1.807) is 119 Å². The Bertz CT molecular complexity index is 5460. The van der Waals surface area contributed by atoms with E-state index in [9.17, 15) is 9.90 Å². The van der Waals surface area contributed by atoms with Crippen LogP contribution in [0.25, 0.3) is 65.4 Å². The number of carbonyl (C=O) groups excluding carboxylic acids is 1. The van der Waals surface area contributed by atoms with Crippen LogP contribution in [-0.4, -0.2) is 181 Å². The van der Waals surface area contributed by atoms with E-state index in [1.807, 2.05) is 51.1 Å². The average Bonchev–Trinajstić information content (AvgIpc) is 1.54. The molecule has 4 saturated heterocycles. The Hall–Kier alpha value is -10.4. The first kappa shape index (κ1) is 70.6. The van der Waals surface area contributed by atoms with E-state index in [4.69, 9.17) is 52.1 Å². The number of hydrogen-bond acceptors (Lipinski definition) is 19. The van der Waals surface area contributed by atoms with Crippen molar-refractivity contribution in [1.82, 2.24) is 44.6 Å². The van der Waals surface area contributed by atoms with Crippen LogP contribution in [0.3, 0.4) is 0 Å². The standard InChI is InChI=1S/C29H30FN3O5.C27H28FN3O4.C27H26FN3O4/c1-18-13-20-21(32-18)3-4-24(27(20)30)38-23-5-8-31-22-15-26(25(34-2)14-19(22)23)35-10-9-33-16-28(6-7-28)29(17-33)36-11-12-37-29;2*1-16-11-18-19(30-16)3-4-22(26(18)28)35-21-5-8-29-20-13-24(23(33-2)12-17(20)21)34-10-9-31-14-25(32)27(15-31)6-7-27/h3-5,8,13-15,32H,6-7,9-12,16-17H2,1-2H3;3-5,8,11-13,25,30,32H,6-7,9-10,14-15H2,1-2H3;3-5,8,11-13,30H,6-7,9-10,14-15H2,1-2H3. The third-order valence-electron chi connectivity index (χ3n) is 22.4. The summed E-state index contributed by atoms with van der Waals surface area (Å²) in [6, 6.07) is 31.6. The first-order valence-electron chi connectivity index (χ1n) is 36.7. The van der Waals surface area contributed by atoms with E-state index in [1.165, 1.54) is 0 Å². The lowest BCUT2D eigenvalue weighted by Gasteiger charge is -2.28. The smallest absolute Gasteiger partial charge is 0.188 e. The number of nitrogens with one attached hydrogen (secondary N) is 3. The summed E-state index contributed by atoms with van der Waals surface area (Å²) in [7, 11) is 4.76. The molecule has 4 N–H and O–H groups in total. The molecule has 108 heavy (non-hydrogen) atoms. The number of hydrogen-bond donors (Lipinski definition) is 4. The first-order chi connectivity index (χ1) is 52.4. The molecule has 6 aromatic carbocycles. The molecular weight excluding hydrogens is 1390 g/mol. The number of aliphatic hydroxyl groups is 1. The molecule has 22 nitrogen and oxygen atoms in total. The summed E-state index contributed by atoms with van der Waals surface area (Å²) in [5, 5.41) is 13.8. The van der Waals surface area contributed by atoms with Crippen molar-refractivity contribution >= 4 is 71.2 Å². The highest BCUT2D eigenvalue weighted by Crippen LogP contribution is 2.61. The van der Waals surface area contributed by atoms with Gasteiger partial charge in [0.1, 0.15) is 37.1 Å². The SMILES string of the molecule is COc1cc2c(Oc3ccc4[nH]c(C)cc4c3F)ccnc2cc1OCCN1CC(=O)C2(CC2)C1.COc1cc2c(Oc3ccc4[nH]c(C)cc4c3F)ccnc2cc1OCCN1CC(O)C2(CC2)C1.COc1cc2c(Oc3ccc4[nH]c(C)cc4c3F)ccnc2cc1OCCN1CC2(CC2)C2(C1)OCCO2. The van der Waals surface area contributed by atoms with E-state index in [0.29, 0.717) is 159 Å². The summed E-state index contributed by atoms with van der Waals surface area (Å²) in [5.41, 5.74) is 7.02. The van der Waals surface area contributed by atoms with Crippen LogP contribution in [0.5, 0.6) is 69.0 Å². The molecule has 560 valence electrons. The van der Waals surface area contributed by atoms with Crippen LogP contribution in [0.4, 0.5) is 13.2 Å². The summed E-state index contributed by atoms with van der Waals surface area (Å²) in [6.45, 7) is 15.3. The number of nitrogens with zero attached hydrogens (tertiary/aromatic N) is 6. The van der Waals surface area contributed by atoms with Gasteiger partial charge in [-0.1, -0.05) is 0 Å². The molecule has 4 spiro atoms. The van der Waals surface area contributed by atoms with Crippen molar-refractivity contribution in [2.45, 2.75) is 71.2 Å². The number of methoxy groups -OCH3 is 3. The van der Waals surface area contributed by atoms with Crippen molar-refractivity contribution in [2.75, 3.05) is 113 Å². The highest BCUT2D eigenvalue weighted by atomic mass is 19.1. The largest absolute Gasteiger partial charge is 0.493 e. The highest BCUT2D eigenvalue weighted by Gasteiger charge is 2.68. The van der Waals surface area contributed by atoms with Crippen molar-refractivity contribution in [1.29, 1.82) is 0 Å². The molecule has 6 aromatic heterocycles. The molecule has 1 unspecified atom stereocenters. The highest BCUT2D eigenvalue weighted by molar-refractivity contribution is 5.93. The predicted molar refractivity (Wildman–Crippen MR) is 401 cm³/mol. The number of halogens is 3. The van der Waals surface area contributed by atoms with Crippen molar-refractivity contribution in [3.05, 3.63) is 162 Å². The molecule has 0 radical (unpaired) electrons. The average molecular weight is 1470 g/mol. The minimum absolute atomic E-state index is 0.0646. The number of aryl methyl sites for hydroxylation is 3. The van der Waals surface area contributed by atoms with Gasteiger partial charge in [0.25, 0.3) is 0 Å². The molecule has 12 aromatic rings. The van der Waals surface area contributed by atoms with Gasteiger partial charge in [-0.15, -0.1) is 0 Å². The van der Waals surface area contributed by atoms with Crippen molar-refractivity contribution in [3.8, 4) is 69.0 Å². The van der Waals surface area contributed by atoms with E-state index in [-0.39, 0.29) is 39.6 Å². The summed E-state index contributed by atoms with van der Waals surface area (Å²) < 4.78 is 111. The summed E-state index contributed by atoms with van der Waals surface area (Å²) in [4.78, 5) is 41.7. The number of benzene rings is 6. The molecule has 0 amide bonds. The van der Waals surface area contributed by atoms with E-state index in [0.717, 1.165) is 111 Å². The fourth-order valence-electron chi connectivity index (χ4n) is 16.1. The number of H-pyrrole nitrogens is 3. The number of rotatable bonds is 21. The van der Waals surface area contributed by atoms with Crippen LogP contribution < -0.4 is 42.6 Å². The van der Waals surface area contributed by atoms with Gasteiger partial charge in [0.15, 0.2) is 80.8 Å². The zero-order chi connectivity index (χ0) is 74.2. The maximum absolute atomic E-state index is 15.2. The number of aliphatic hydroxyl groups excluding tert-OH is 1. The minimum atomic E-state index is -0.433. The number of ketones is 1. The number of fused-ring (bicyclic) bond motifs is 7. The number of aromatic amines is 3. The minimum Gasteiger partial charge on any atom is -0.493 e. The Kier molecular flexibility index (Phi) is 18.5. The van der Waals surface area contributed by atoms with Crippen LogP contribution in [0.1, 0.15) is 55.6 Å². The van der Waals surface area contributed by atoms with Gasteiger partial charge >= 0.3 is 0 Å². The molecule has 3 aliphatic carbocycles. The number of β-amino-alcohol motifs (C(OH)–C–C–N with tert-alkyl or cyclic N) is 1. The molecule has 0 bridgehead atoms. The van der Waals surface area contributed by atoms with Gasteiger partial charge in [-0.2, -0.15) is 0 Å². The molecule has 10 heterocycles. The van der Waals surface area contributed by atoms with Crippen LogP contribution in [0, 0.1) is 54.5 Å². The monoisotopic (exact) mass is 1470 g/mol. The van der Waals surface area contributed by atoms with E-state index < -0.39 is 23.2 Å². The van der Waals surface area contributed by atoms with Crippen LogP contribution in [0.2, 0.25) is 0 Å². The second kappa shape index (κ2) is 28.3. The van der Waals surface area contributed by atoms with Crippen LogP contribution in [0.15, 0.2) is 128 Å². The molecule has 7 aliphatic rings. The molecule has 3 saturated carbocycles. The number of pyridine rings is 3. The van der Waals surface area contributed by atoms with Crippen LogP contribution >= 0.6 is 0 Å². The Morgan fingerprint density at radius 1 is 0.454 bits per heavy atom. The fraction of sp³-hybridized carbons (Fsp3) is 0.373. The Morgan fingerprint density at radius 3 is 1.23 bits per heavy atom. The number of Topliss-reactive ketones (excluding diaryl/α,β-unsaturated/α-hetero) is 1. The lowest BCUT2D eigenvalue weighted by molar-refractivity contribution is -0.182. The molecule has 7 fully saturated rings. The molecule has 4 aliphatic heterocycles. The Balaban J connectivity index is 0.000000119. The summed E-state index contributed by atoms with van der Waals surface area (Å²) in [6.07, 6.45) is 11.2. The van der Waals surface area contributed by atoms with E-state index >= 15 is 13.2 Å². The van der Waals surface area contributed by atoms with Gasteiger partial charge in [-0.25, -0.2) is 13.2 Å².